The lowest BCUT2D eigenvalue weighted by atomic mass is 9.70. The first-order valence-corrected chi connectivity index (χ1v) is 17.9. The second-order valence-corrected chi connectivity index (χ2v) is 14.4. The van der Waals surface area contributed by atoms with Crippen molar-refractivity contribution in [1.82, 2.24) is 25.8 Å². The summed E-state index contributed by atoms with van der Waals surface area (Å²) in [6.45, 7) is 8.80. The molecule has 2 saturated carbocycles. The van der Waals surface area contributed by atoms with Gasteiger partial charge in [-0.15, -0.1) is 0 Å². The van der Waals surface area contributed by atoms with Gasteiger partial charge in [0.2, 0.25) is 11.8 Å². The van der Waals surface area contributed by atoms with Crippen molar-refractivity contribution in [3.05, 3.63) is 12.7 Å². The summed E-state index contributed by atoms with van der Waals surface area (Å²) >= 11 is 0. The van der Waals surface area contributed by atoms with Crippen molar-refractivity contribution in [3.8, 4) is 11.8 Å². The van der Waals surface area contributed by atoms with Crippen molar-refractivity contribution in [3.63, 3.8) is 0 Å². The third-order valence-electron chi connectivity index (χ3n) is 11.6. The Labute approximate surface area is 269 Å². The van der Waals surface area contributed by atoms with E-state index in [0.29, 0.717) is 49.8 Å². The summed E-state index contributed by atoms with van der Waals surface area (Å²) in [6, 6.07) is -0.0894. The highest BCUT2D eigenvalue weighted by atomic mass is 16.5. The molecule has 4 aliphatic heterocycles. The standard InChI is InChI=1S/C35H56N6O4/c1-3-30(42)39-23(2)35(43)40-18-15-24(16-19-40)9-14-29-31(25-10-12-28(13-11-25)45-27-7-5-4-6-8-27)32-33(36)37-22-38-34(32)41(29)26-17-20-44-21-26/h3,23-29,31-34,37-38H,1,4-8,10-13,15-22,36H2,2H3,(H,39,42)/t23-,25?,26?,28?,29?,31?,32?,33?,34?/m1/s1. The van der Waals surface area contributed by atoms with Gasteiger partial charge in [-0.25, -0.2) is 0 Å². The number of amides is 2. The second kappa shape index (κ2) is 15.3. The molecule has 2 aliphatic carbocycles. The lowest BCUT2D eigenvalue weighted by Crippen LogP contribution is -2.64. The highest BCUT2D eigenvalue weighted by Crippen LogP contribution is 2.47. The van der Waals surface area contributed by atoms with Crippen LogP contribution in [0.4, 0.5) is 0 Å². The van der Waals surface area contributed by atoms with Gasteiger partial charge in [0, 0.05) is 44.2 Å². The molecule has 4 heterocycles. The normalized spacial score (nSPS) is 37.3. The molecule has 2 amide bonds. The van der Waals surface area contributed by atoms with Crippen LogP contribution in [0.1, 0.15) is 84.0 Å². The van der Waals surface area contributed by atoms with Crippen molar-refractivity contribution in [2.45, 2.75) is 127 Å². The van der Waals surface area contributed by atoms with Gasteiger partial charge in [0.25, 0.3) is 0 Å². The molecule has 250 valence electrons. The summed E-state index contributed by atoms with van der Waals surface area (Å²) in [6.07, 6.45) is 16.0. The molecule has 0 aromatic rings. The fourth-order valence-corrected chi connectivity index (χ4v) is 9.18. The molecule has 6 rings (SSSR count). The van der Waals surface area contributed by atoms with Crippen LogP contribution in [0.5, 0.6) is 0 Å². The van der Waals surface area contributed by atoms with Gasteiger partial charge in [0.05, 0.1) is 37.2 Å². The van der Waals surface area contributed by atoms with Gasteiger partial charge in [-0.05, 0) is 82.6 Å². The van der Waals surface area contributed by atoms with Crippen LogP contribution in [-0.4, -0.2) is 97.3 Å². The number of nitrogens with two attached hydrogens (primary N) is 1. The third-order valence-corrected chi connectivity index (χ3v) is 11.6. The molecule has 4 saturated heterocycles. The first-order chi connectivity index (χ1) is 21.9. The summed E-state index contributed by atoms with van der Waals surface area (Å²) < 4.78 is 12.6. The van der Waals surface area contributed by atoms with Crippen LogP contribution < -0.4 is 21.7 Å². The van der Waals surface area contributed by atoms with E-state index in [1.165, 1.54) is 51.0 Å². The Morgan fingerprint density at radius 2 is 1.71 bits per heavy atom. The molecule has 7 atom stereocenters. The average molecular weight is 625 g/mol. The van der Waals surface area contributed by atoms with E-state index >= 15 is 0 Å². The van der Waals surface area contributed by atoms with Crippen LogP contribution in [-0.2, 0) is 19.1 Å². The van der Waals surface area contributed by atoms with Crippen molar-refractivity contribution in [1.29, 1.82) is 0 Å². The van der Waals surface area contributed by atoms with Gasteiger partial charge in [-0.1, -0.05) is 37.7 Å². The lowest BCUT2D eigenvalue weighted by Gasteiger charge is -2.41. The number of hydrogen-bond acceptors (Lipinski definition) is 8. The Bertz CT molecular complexity index is 1080. The van der Waals surface area contributed by atoms with E-state index in [1.807, 2.05) is 4.90 Å². The topological polar surface area (TPSA) is 121 Å². The molecular formula is C35H56N6O4. The Balaban J connectivity index is 1.15. The molecule has 10 nitrogen and oxygen atoms in total. The highest BCUT2D eigenvalue weighted by molar-refractivity contribution is 5.92. The molecule has 0 radical (unpaired) electrons. The largest absolute Gasteiger partial charge is 0.380 e. The zero-order valence-corrected chi connectivity index (χ0v) is 27.3. The Morgan fingerprint density at radius 1 is 0.978 bits per heavy atom. The number of ether oxygens (including phenoxy) is 2. The maximum atomic E-state index is 12.9. The first-order valence-electron chi connectivity index (χ1n) is 17.9. The van der Waals surface area contributed by atoms with Crippen LogP contribution >= 0.6 is 0 Å². The van der Waals surface area contributed by atoms with E-state index in [4.69, 9.17) is 15.2 Å². The van der Waals surface area contributed by atoms with Gasteiger partial charge in [0.1, 0.15) is 6.04 Å². The maximum Gasteiger partial charge on any atom is 0.244 e. The Hall–Kier alpha value is -2.00. The first kappa shape index (κ1) is 32.9. The number of nitrogens with one attached hydrogen (secondary N) is 3. The van der Waals surface area contributed by atoms with E-state index in [9.17, 15) is 9.59 Å². The zero-order chi connectivity index (χ0) is 31.3. The molecule has 0 aromatic carbocycles. The summed E-state index contributed by atoms with van der Waals surface area (Å²) in [4.78, 5) is 29.1. The summed E-state index contributed by atoms with van der Waals surface area (Å²) in [5, 5.41) is 10.0. The molecule has 0 aromatic heterocycles. The maximum absolute atomic E-state index is 12.9. The van der Waals surface area contributed by atoms with Crippen molar-refractivity contribution >= 4 is 11.8 Å². The van der Waals surface area contributed by atoms with Crippen LogP contribution in [0.15, 0.2) is 12.7 Å². The quantitative estimate of drug-likeness (QED) is 0.252. The van der Waals surface area contributed by atoms with Gasteiger partial charge < -0.3 is 25.4 Å². The van der Waals surface area contributed by atoms with Crippen LogP contribution in [0.25, 0.3) is 0 Å². The smallest absolute Gasteiger partial charge is 0.244 e. The Morgan fingerprint density at radius 3 is 2.40 bits per heavy atom. The van der Waals surface area contributed by atoms with E-state index in [1.54, 1.807) is 6.92 Å². The summed E-state index contributed by atoms with van der Waals surface area (Å²) in [7, 11) is 0. The molecule has 0 spiro atoms. The molecule has 5 N–H and O–H groups in total. The third kappa shape index (κ3) is 7.61. The van der Waals surface area contributed by atoms with Gasteiger partial charge in [0.15, 0.2) is 0 Å². The minimum absolute atomic E-state index is 0.0421. The number of hydrogen-bond donors (Lipinski definition) is 4. The number of piperidine rings is 1. The fourth-order valence-electron chi connectivity index (χ4n) is 9.18. The number of rotatable bonds is 7. The van der Waals surface area contributed by atoms with E-state index in [-0.39, 0.29) is 42.0 Å². The SMILES string of the molecule is C=CC(=O)N[C@H](C)C(=O)N1CCC(C#CC2C(C3CCC(OC4CCCCC4)CC3)C3C(N)NCNC3N2C2CCOC2)CC1. The van der Waals surface area contributed by atoms with Crippen molar-refractivity contribution < 1.29 is 19.1 Å². The molecule has 6 unspecified atom stereocenters. The minimum Gasteiger partial charge on any atom is -0.380 e. The van der Waals surface area contributed by atoms with E-state index in [0.717, 1.165) is 45.3 Å². The molecule has 6 fully saturated rings. The predicted octanol–water partition coefficient (Wildman–Crippen LogP) is 2.29. The average Bonchev–Trinajstić information content (AvgIpc) is 3.71. The predicted molar refractivity (Wildman–Crippen MR) is 173 cm³/mol. The lowest BCUT2D eigenvalue weighted by molar-refractivity contribution is -0.136. The van der Waals surface area contributed by atoms with Crippen LogP contribution in [0, 0.1) is 35.5 Å². The molecule has 0 bridgehead atoms. The van der Waals surface area contributed by atoms with Crippen molar-refractivity contribution in [2.75, 3.05) is 33.0 Å². The van der Waals surface area contributed by atoms with E-state index < -0.39 is 6.04 Å². The molecule has 45 heavy (non-hydrogen) atoms. The molecule has 6 aliphatic rings. The molecule has 10 heteroatoms. The zero-order valence-electron chi connectivity index (χ0n) is 27.3. The van der Waals surface area contributed by atoms with E-state index in [2.05, 4.69) is 39.3 Å². The Kier molecular flexibility index (Phi) is 11.2. The van der Waals surface area contributed by atoms with Gasteiger partial charge in [-0.2, -0.15) is 0 Å². The number of nitrogens with zero attached hydrogens (tertiary/aromatic N) is 2. The van der Waals surface area contributed by atoms with Crippen LogP contribution in [0.3, 0.4) is 0 Å². The number of fused-ring (bicyclic) bond motifs is 1. The summed E-state index contributed by atoms with van der Waals surface area (Å²) in [5.41, 5.74) is 6.89. The van der Waals surface area contributed by atoms with Crippen molar-refractivity contribution in [2.24, 2.45) is 29.4 Å². The monoisotopic (exact) mass is 624 g/mol. The number of likely N-dealkylation sites (tertiary alicyclic amines) is 2. The van der Waals surface area contributed by atoms with Gasteiger partial charge >= 0.3 is 0 Å². The fraction of sp³-hybridized carbons (Fsp3) is 0.829. The number of carbonyl (C=O) groups is 2. The van der Waals surface area contributed by atoms with Crippen LogP contribution in [0.2, 0.25) is 0 Å². The highest BCUT2D eigenvalue weighted by Gasteiger charge is 2.56. The molecular weight excluding hydrogens is 568 g/mol. The number of carbonyl (C=O) groups excluding carboxylic acids is 2. The minimum atomic E-state index is -0.559. The summed E-state index contributed by atoms with van der Waals surface area (Å²) in [5.74, 6) is 8.72. The second-order valence-electron chi connectivity index (χ2n) is 14.4. The van der Waals surface area contributed by atoms with Gasteiger partial charge in [-0.3, -0.25) is 25.1 Å².